The molecule has 8 nitrogen and oxygen atoms in total. The van der Waals surface area contributed by atoms with Crippen LogP contribution < -0.4 is 10.3 Å². The summed E-state index contributed by atoms with van der Waals surface area (Å²) in [7, 11) is -3.65. The molecular formula is C18H21ClN2O6S. The van der Waals surface area contributed by atoms with Gasteiger partial charge in [0.05, 0.1) is 24.8 Å². The van der Waals surface area contributed by atoms with E-state index in [-0.39, 0.29) is 38.8 Å². The molecule has 2 heterocycles. The smallest absolute Gasteiger partial charge is 0.277 e. The van der Waals surface area contributed by atoms with Crippen molar-refractivity contribution in [3.63, 3.8) is 0 Å². The van der Waals surface area contributed by atoms with Crippen LogP contribution in [0, 0.1) is 5.41 Å². The summed E-state index contributed by atoms with van der Waals surface area (Å²) in [5.74, 6) is -0.698. The number of hydrogen-bond acceptors (Lipinski definition) is 6. The fraction of sp³-hybridized carbons (Fsp3) is 0.444. The van der Waals surface area contributed by atoms with Crippen LogP contribution in [0.5, 0.6) is 5.75 Å². The number of sulfone groups is 1. The van der Waals surface area contributed by atoms with Crippen molar-refractivity contribution in [2.45, 2.75) is 25.3 Å². The molecule has 10 heteroatoms. The van der Waals surface area contributed by atoms with Gasteiger partial charge in [0.15, 0.2) is 15.6 Å². The number of carbonyl (C=O) groups is 1. The van der Waals surface area contributed by atoms with E-state index in [4.69, 9.17) is 21.1 Å². The number of hydrogen-bond donors (Lipinski definition) is 1. The van der Waals surface area contributed by atoms with Crippen molar-refractivity contribution in [3.05, 3.63) is 44.8 Å². The standard InChI is InChI=1S/C18H21ClN2O6S/c1-4-21-17(23)12(7-20-21)15(22)11-5-6-13(28(3,24)25)16(14(11)19)27-10-18(2)8-26-9-18/h5-7,20H,4,8-10H2,1-3H3. The average molecular weight is 429 g/mol. The first-order valence-corrected chi connectivity index (χ1v) is 10.9. The van der Waals surface area contributed by atoms with Crippen LogP contribution in [0.4, 0.5) is 0 Å². The molecule has 2 aromatic rings. The molecule has 1 aromatic heterocycles. The van der Waals surface area contributed by atoms with Gasteiger partial charge in [-0.25, -0.2) is 8.42 Å². The van der Waals surface area contributed by atoms with Gasteiger partial charge in [-0.1, -0.05) is 18.5 Å². The summed E-state index contributed by atoms with van der Waals surface area (Å²) in [4.78, 5) is 25.0. The predicted octanol–water partition coefficient (Wildman–Crippen LogP) is 1.90. The fourth-order valence-electron chi connectivity index (χ4n) is 2.87. The summed E-state index contributed by atoms with van der Waals surface area (Å²) in [5.41, 5.74) is -0.815. The van der Waals surface area contributed by atoms with Gasteiger partial charge in [-0.15, -0.1) is 0 Å². The van der Waals surface area contributed by atoms with Crippen LogP contribution in [0.15, 0.2) is 28.0 Å². The molecule has 1 N–H and O–H groups in total. The van der Waals surface area contributed by atoms with E-state index >= 15 is 0 Å². The number of rotatable bonds is 7. The number of nitrogens with zero attached hydrogens (tertiary/aromatic N) is 1. The zero-order valence-electron chi connectivity index (χ0n) is 15.7. The van der Waals surface area contributed by atoms with E-state index in [1.54, 1.807) is 6.92 Å². The van der Waals surface area contributed by atoms with Crippen molar-refractivity contribution < 1.29 is 22.7 Å². The summed E-state index contributed by atoms with van der Waals surface area (Å²) >= 11 is 6.39. The monoisotopic (exact) mass is 428 g/mol. The van der Waals surface area contributed by atoms with Gasteiger partial charge in [-0.05, 0) is 19.1 Å². The van der Waals surface area contributed by atoms with E-state index in [0.717, 1.165) is 6.26 Å². The van der Waals surface area contributed by atoms with E-state index in [9.17, 15) is 18.0 Å². The first-order valence-electron chi connectivity index (χ1n) is 8.63. The highest BCUT2D eigenvalue weighted by molar-refractivity contribution is 7.90. The maximum atomic E-state index is 12.9. The summed E-state index contributed by atoms with van der Waals surface area (Å²) in [5, 5.41) is 2.57. The third kappa shape index (κ3) is 3.74. The molecule has 3 rings (SSSR count). The highest BCUT2D eigenvalue weighted by atomic mass is 35.5. The van der Waals surface area contributed by atoms with Crippen LogP contribution in [0.2, 0.25) is 5.02 Å². The molecule has 152 valence electrons. The first kappa shape index (κ1) is 20.6. The molecule has 1 aromatic carbocycles. The number of nitrogens with one attached hydrogen (secondary N) is 1. The Morgan fingerprint density at radius 2 is 2.04 bits per heavy atom. The van der Waals surface area contributed by atoms with Crippen LogP contribution in [-0.4, -0.2) is 50.1 Å². The Morgan fingerprint density at radius 1 is 1.36 bits per heavy atom. The van der Waals surface area contributed by atoms with E-state index in [2.05, 4.69) is 5.10 Å². The van der Waals surface area contributed by atoms with E-state index in [1.165, 1.54) is 23.0 Å². The van der Waals surface area contributed by atoms with Crippen LogP contribution in [0.3, 0.4) is 0 Å². The van der Waals surface area contributed by atoms with Crippen molar-refractivity contribution >= 4 is 27.2 Å². The molecular weight excluding hydrogens is 408 g/mol. The minimum absolute atomic E-state index is 0.00145. The molecule has 28 heavy (non-hydrogen) atoms. The van der Waals surface area contributed by atoms with Crippen LogP contribution in [0.1, 0.15) is 29.8 Å². The fourth-order valence-corrected chi connectivity index (χ4v) is 4.05. The lowest BCUT2D eigenvalue weighted by Crippen LogP contribution is -2.44. The summed E-state index contributed by atoms with van der Waals surface area (Å²) < 4.78 is 36.5. The number of H-pyrrole nitrogens is 1. The molecule has 1 aliphatic heterocycles. The molecule has 1 aliphatic rings. The minimum atomic E-state index is -3.65. The number of ketones is 1. The van der Waals surface area contributed by atoms with E-state index in [1.807, 2.05) is 6.92 Å². The number of halogens is 1. The Kier molecular flexibility index (Phi) is 5.44. The Morgan fingerprint density at radius 3 is 2.54 bits per heavy atom. The maximum absolute atomic E-state index is 12.9. The average Bonchev–Trinajstić information content (AvgIpc) is 2.98. The van der Waals surface area contributed by atoms with Gasteiger partial charge in [-0.2, -0.15) is 0 Å². The number of aromatic nitrogens is 2. The Balaban J connectivity index is 2.05. The maximum Gasteiger partial charge on any atom is 0.277 e. The number of benzene rings is 1. The minimum Gasteiger partial charge on any atom is -0.490 e. The number of carbonyl (C=O) groups excluding carboxylic acids is 1. The van der Waals surface area contributed by atoms with Gasteiger partial charge in [0.2, 0.25) is 5.78 Å². The molecule has 0 radical (unpaired) electrons. The molecule has 0 aliphatic carbocycles. The van der Waals surface area contributed by atoms with Crippen molar-refractivity contribution in [2.75, 3.05) is 26.1 Å². The van der Waals surface area contributed by atoms with Crippen molar-refractivity contribution in [2.24, 2.45) is 5.41 Å². The number of aromatic amines is 1. The van der Waals surface area contributed by atoms with Gasteiger partial charge in [0.1, 0.15) is 10.5 Å². The molecule has 0 spiro atoms. The Bertz CT molecular complexity index is 1080. The lowest BCUT2D eigenvalue weighted by Gasteiger charge is -2.37. The highest BCUT2D eigenvalue weighted by Crippen LogP contribution is 2.38. The van der Waals surface area contributed by atoms with E-state index in [0.29, 0.717) is 19.8 Å². The third-order valence-corrected chi connectivity index (χ3v) is 6.07. The zero-order valence-corrected chi connectivity index (χ0v) is 17.3. The normalized spacial score (nSPS) is 15.9. The third-order valence-electron chi connectivity index (χ3n) is 4.57. The molecule has 1 saturated heterocycles. The SMILES string of the molecule is CCn1[nH]cc(C(=O)c2ccc(S(C)(=O)=O)c(OCC3(C)COC3)c2Cl)c1=O. The van der Waals surface area contributed by atoms with Crippen LogP contribution in [0.25, 0.3) is 0 Å². The van der Waals surface area contributed by atoms with Gasteiger partial charge >= 0.3 is 0 Å². The Labute approximate surface area is 167 Å². The topological polar surface area (TPSA) is 107 Å². The molecule has 0 unspecified atom stereocenters. The molecule has 0 bridgehead atoms. The summed E-state index contributed by atoms with van der Waals surface area (Å²) in [6, 6.07) is 2.57. The predicted molar refractivity (Wildman–Crippen MR) is 103 cm³/mol. The van der Waals surface area contributed by atoms with Crippen LogP contribution in [-0.2, 0) is 21.1 Å². The quantitative estimate of drug-likeness (QED) is 0.675. The van der Waals surface area contributed by atoms with Crippen molar-refractivity contribution in [1.29, 1.82) is 0 Å². The molecule has 0 atom stereocenters. The second-order valence-electron chi connectivity index (χ2n) is 7.18. The van der Waals surface area contributed by atoms with Gasteiger partial charge in [-0.3, -0.25) is 14.3 Å². The highest BCUT2D eigenvalue weighted by Gasteiger charge is 2.35. The lowest BCUT2D eigenvalue weighted by molar-refractivity contribution is -0.120. The van der Waals surface area contributed by atoms with Gasteiger partial charge < -0.3 is 14.6 Å². The van der Waals surface area contributed by atoms with Crippen LogP contribution >= 0.6 is 11.6 Å². The van der Waals surface area contributed by atoms with Crippen molar-refractivity contribution in [1.82, 2.24) is 9.78 Å². The molecule has 0 saturated carbocycles. The van der Waals surface area contributed by atoms with Gasteiger partial charge in [0.25, 0.3) is 5.56 Å². The van der Waals surface area contributed by atoms with Crippen molar-refractivity contribution in [3.8, 4) is 5.75 Å². The lowest BCUT2D eigenvalue weighted by atomic mass is 9.90. The second kappa shape index (κ2) is 7.38. The summed E-state index contributed by atoms with van der Waals surface area (Å²) in [6.45, 7) is 5.22. The van der Waals surface area contributed by atoms with E-state index < -0.39 is 21.2 Å². The largest absolute Gasteiger partial charge is 0.490 e. The Hall–Kier alpha value is -2.10. The second-order valence-corrected chi connectivity index (χ2v) is 9.55. The molecule has 0 amide bonds. The summed E-state index contributed by atoms with van der Waals surface area (Å²) in [6.07, 6.45) is 2.34. The number of aryl methyl sites for hydroxylation is 1. The zero-order chi connectivity index (χ0) is 20.7. The van der Waals surface area contributed by atoms with Gasteiger partial charge in [0, 0.05) is 30.0 Å². The molecule has 1 fully saturated rings. The first-order chi connectivity index (χ1) is 13.1. The number of ether oxygens (including phenoxy) is 2.